The highest BCUT2D eigenvalue weighted by molar-refractivity contribution is 5.94. The van der Waals surface area contributed by atoms with E-state index in [4.69, 9.17) is 9.15 Å². The molecule has 1 heterocycles. The van der Waals surface area contributed by atoms with Crippen LogP contribution in [-0.4, -0.2) is 23.3 Å². The van der Waals surface area contributed by atoms with Gasteiger partial charge in [-0.25, -0.2) is 4.79 Å². The van der Waals surface area contributed by atoms with E-state index in [1.807, 2.05) is 0 Å². The number of nitrogens with zero attached hydrogens (tertiary/aromatic N) is 1. The predicted molar refractivity (Wildman–Crippen MR) is 103 cm³/mol. The first-order valence-corrected chi connectivity index (χ1v) is 8.61. The SMILES string of the molecule is Cc1cc(=O)oc2cc(OC(=O)CCNC(=O)c3ccc([N+](=O)[O-])cc3)ccc12. The Morgan fingerprint density at radius 3 is 2.55 bits per heavy atom. The summed E-state index contributed by atoms with van der Waals surface area (Å²) in [6.07, 6.45) is -0.0888. The van der Waals surface area contributed by atoms with Crippen LogP contribution < -0.4 is 15.7 Å². The van der Waals surface area contributed by atoms with Crippen molar-refractivity contribution in [3.63, 3.8) is 0 Å². The number of nitro groups is 1. The van der Waals surface area contributed by atoms with Gasteiger partial charge in [-0.3, -0.25) is 19.7 Å². The van der Waals surface area contributed by atoms with Crippen LogP contribution in [0.5, 0.6) is 5.75 Å². The average molecular weight is 396 g/mol. The van der Waals surface area contributed by atoms with Crippen LogP contribution in [0.25, 0.3) is 11.0 Å². The zero-order chi connectivity index (χ0) is 21.0. The Balaban J connectivity index is 1.54. The Morgan fingerprint density at radius 2 is 1.86 bits per heavy atom. The first-order valence-electron chi connectivity index (χ1n) is 8.61. The molecule has 9 heteroatoms. The maximum absolute atomic E-state index is 12.0. The van der Waals surface area contributed by atoms with E-state index >= 15 is 0 Å². The minimum Gasteiger partial charge on any atom is -0.426 e. The van der Waals surface area contributed by atoms with Gasteiger partial charge < -0.3 is 14.5 Å². The molecule has 1 N–H and O–H groups in total. The number of carbonyl (C=O) groups excluding carboxylic acids is 2. The molecule has 148 valence electrons. The van der Waals surface area contributed by atoms with E-state index in [0.29, 0.717) is 5.58 Å². The monoisotopic (exact) mass is 396 g/mol. The van der Waals surface area contributed by atoms with Gasteiger partial charge in [0.1, 0.15) is 11.3 Å². The van der Waals surface area contributed by atoms with Gasteiger partial charge in [-0.1, -0.05) is 0 Å². The number of nitrogens with one attached hydrogen (secondary N) is 1. The van der Waals surface area contributed by atoms with Crippen LogP contribution in [0, 0.1) is 17.0 Å². The summed E-state index contributed by atoms with van der Waals surface area (Å²) in [5.74, 6) is -0.822. The fourth-order valence-electron chi connectivity index (χ4n) is 2.67. The van der Waals surface area contributed by atoms with Crippen molar-refractivity contribution in [2.45, 2.75) is 13.3 Å². The van der Waals surface area contributed by atoms with Gasteiger partial charge in [0.15, 0.2) is 0 Å². The first-order chi connectivity index (χ1) is 13.8. The van der Waals surface area contributed by atoms with Crippen LogP contribution in [-0.2, 0) is 4.79 Å². The first kappa shape index (κ1) is 19.7. The van der Waals surface area contributed by atoms with Crippen molar-refractivity contribution >= 4 is 28.5 Å². The number of carbonyl (C=O) groups is 2. The van der Waals surface area contributed by atoms with Gasteiger partial charge in [0.25, 0.3) is 11.6 Å². The second-order valence-electron chi connectivity index (χ2n) is 6.19. The number of aryl methyl sites for hydroxylation is 1. The van der Waals surface area contributed by atoms with Gasteiger partial charge in [-0.05, 0) is 36.8 Å². The molecule has 0 bridgehead atoms. The van der Waals surface area contributed by atoms with Gasteiger partial charge in [0, 0.05) is 41.8 Å². The van der Waals surface area contributed by atoms with Gasteiger partial charge in [-0.2, -0.15) is 0 Å². The molecule has 9 nitrogen and oxygen atoms in total. The Morgan fingerprint density at radius 1 is 1.14 bits per heavy atom. The van der Waals surface area contributed by atoms with Crippen molar-refractivity contribution in [2.24, 2.45) is 0 Å². The van der Waals surface area contributed by atoms with Crippen molar-refractivity contribution in [2.75, 3.05) is 6.54 Å². The second-order valence-corrected chi connectivity index (χ2v) is 6.19. The van der Waals surface area contributed by atoms with Gasteiger partial charge in [-0.15, -0.1) is 0 Å². The van der Waals surface area contributed by atoms with E-state index in [1.54, 1.807) is 19.1 Å². The second kappa shape index (κ2) is 8.34. The summed E-state index contributed by atoms with van der Waals surface area (Å²) in [7, 11) is 0. The summed E-state index contributed by atoms with van der Waals surface area (Å²) < 4.78 is 10.3. The van der Waals surface area contributed by atoms with Crippen LogP contribution >= 0.6 is 0 Å². The van der Waals surface area contributed by atoms with Crippen molar-refractivity contribution in [3.8, 4) is 5.75 Å². The number of nitro benzene ring substituents is 1. The number of amides is 1. The summed E-state index contributed by atoms with van der Waals surface area (Å²) in [6.45, 7) is 1.80. The lowest BCUT2D eigenvalue weighted by molar-refractivity contribution is -0.384. The smallest absolute Gasteiger partial charge is 0.336 e. The number of rotatable bonds is 6. The third-order valence-corrected chi connectivity index (χ3v) is 4.11. The summed E-state index contributed by atoms with van der Waals surface area (Å²) in [5.41, 5.74) is 0.692. The van der Waals surface area contributed by atoms with Crippen molar-refractivity contribution in [3.05, 3.63) is 80.2 Å². The summed E-state index contributed by atoms with van der Waals surface area (Å²) in [6, 6.07) is 11.2. The van der Waals surface area contributed by atoms with Crippen molar-refractivity contribution in [1.82, 2.24) is 5.32 Å². The molecule has 2 aromatic carbocycles. The Bertz CT molecular complexity index is 1150. The van der Waals surface area contributed by atoms with Crippen LogP contribution in [0.4, 0.5) is 5.69 Å². The minimum absolute atomic E-state index is 0.0242. The zero-order valence-electron chi connectivity index (χ0n) is 15.3. The fourth-order valence-corrected chi connectivity index (χ4v) is 2.67. The third-order valence-electron chi connectivity index (χ3n) is 4.11. The molecule has 29 heavy (non-hydrogen) atoms. The number of fused-ring (bicyclic) bond motifs is 1. The molecule has 0 fully saturated rings. The molecular formula is C20H16N2O7. The van der Waals surface area contributed by atoms with Crippen LogP contribution in [0.3, 0.4) is 0 Å². The van der Waals surface area contributed by atoms with E-state index in [-0.39, 0.29) is 30.0 Å². The lowest BCUT2D eigenvalue weighted by atomic mass is 10.1. The molecular weight excluding hydrogens is 380 g/mol. The number of benzene rings is 2. The third kappa shape index (κ3) is 4.83. The molecule has 0 radical (unpaired) electrons. The van der Waals surface area contributed by atoms with Gasteiger partial charge >= 0.3 is 11.6 Å². The van der Waals surface area contributed by atoms with E-state index in [1.165, 1.54) is 36.4 Å². The molecule has 1 aromatic heterocycles. The molecule has 0 saturated heterocycles. The Labute approximate surface area is 164 Å². The highest BCUT2D eigenvalue weighted by Gasteiger charge is 2.11. The van der Waals surface area contributed by atoms with Crippen LogP contribution in [0.2, 0.25) is 0 Å². The Kier molecular flexibility index (Phi) is 5.68. The fraction of sp³-hybridized carbons (Fsp3) is 0.150. The lowest BCUT2D eigenvalue weighted by Crippen LogP contribution is -2.27. The quantitative estimate of drug-likeness (QED) is 0.223. The predicted octanol–water partition coefficient (Wildman–Crippen LogP) is 2.74. The molecule has 3 aromatic rings. The highest BCUT2D eigenvalue weighted by atomic mass is 16.6. The van der Waals surface area contributed by atoms with Crippen LogP contribution in [0.1, 0.15) is 22.3 Å². The van der Waals surface area contributed by atoms with Crippen molar-refractivity contribution in [1.29, 1.82) is 0 Å². The van der Waals surface area contributed by atoms with Crippen LogP contribution in [0.15, 0.2) is 57.7 Å². The maximum atomic E-state index is 12.0. The Hall–Kier alpha value is -4.01. The molecule has 0 saturated carbocycles. The lowest BCUT2D eigenvalue weighted by Gasteiger charge is -2.07. The van der Waals surface area contributed by atoms with Gasteiger partial charge in [0.05, 0.1) is 11.3 Å². The van der Waals surface area contributed by atoms with E-state index < -0.39 is 22.4 Å². The molecule has 0 aliphatic rings. The zero-order valence-corrected chi connectivity index (χ0v) is 15.3. The average Bonchev–Trinajstić information content (AvgIpc) is 2.67. The summed E-state index contributed by atoms with van der Waals surface area (Å²) in [4.78, 5) is 45.5. The molecule has 0 spiro atoms. The van der Waals surface area contributed by atoms with Crippen molar-refractivity contribution < 1.29 is 23.7 Å². The number of non-ortho nitro benzene ring substituents is 1. The molecule has 0 unspecified atom stereocenters. The number of esters is 1. The number of ether oxygens (including phenoxy) is 1. The number of hydrogen-bond acceptors (Lipinski definition) is 7. The topological polar surface area (TPSA) is 129 Å². The summed E-state index contributed by atoms with van der Waals surface area (Å²) in [5, 5.41) is 13.9. The van der Waals surface area contributed by atoms with Gasteiger partial charge in [0.2, 0.25) is 0 Å². The van der Waals surface area contributed by atoms with E-state index in [0.717, 1.165) is 10.9 Å². The minimum atomic E-state index is -0.580. The van der Waals surface area contributed by atoms with E-state index in [9.17, 15) is 24.5 Å². The molecule has 0 aliphatic heterocycles. The molecule has 1 amide bonds. The van der Waals surface area contributed by atoms with E-state index in [2.05, 4.69) is 5.32 Å². The normalized spacial score (nSPS) is 10.5. The summed E-state index contributed by atoms with van der Waals surface area (Å²) >= 11 is 0. The highest BCUT2D eigenvalue weighted by Crippen LogP contribution is 2.22. The molecule has 0 atom stereocenters. The standard InChI is InChI=1S/C20H16N2O7/c1-12-10-19(24)29-17-11-15(6-7-16(12)17)28-18(23)8-9-21-20(25)13-2-4-14(5-3-13)22(26)27/h2-7,10-11H,8-9H2,1H3,(H,21,25). The largest absolute Gasteiger partial charge is 0.426 e. The molecule has 0 aliphatic carbocycles. The number of hydrogen-bond donors (Lipinski definition) is 1. The maximum Gasteiger partial charge on any atom is 0.336 e. The molecule has 3 rings (SSSR count).